The Kier molecular flexibility index (Phi) is 2.17. The van der Waals surface area contributed by atoms with Crippen molar-refractivity contribution in [3.63, 3.8) is 0 Å². The molecule has 1 saturated heterocycles. The lowest BCUT2D eigenvalue weighted by molar-refractivity contribution is -0.132. The number of carbonyl (C=O) groups excluding carboxylic acids is 2. The Balaban J connectivity index is 2.54. The van der Waals surface area contributed by atoms with Crippen LogP contribution >= 0.6 is 0 Å². The summed E-state index contributed by atoms with van der Waals surface area (Å²) in [5.74, 6) is -0.0206. The van der Waals surface area contributed by atoms with Gasteiger partial charge in [0.25, 0.3) is 0 Å². The predicted molar refractivity (Wildman–Crippen MR) is 36.6 cm³/mol. The third-order valence-corrected chi connectivity index (χ3v) is 2.00. The molecule has 3 heteroatoms. The molecule has 3 nitrogen and oxygen atoms in total. The van der Waals surface area contributed by atoms with Crippen molar-refractivity contribution < 1.29 is 9.59 Å². The molecule has 0 spiro atoms. The van der Waals surface area contributed by atoms with Crippen LogP contribution in [0.1, 0.15) is 6.92 Å². The quantitative estimate of drug-likeness (QED) is 0.421. The number of rotatable bonds is 2. The summed E-state index contributed by atoms with van der Waals surface area (Å²) in [6.07, 6.45) is 0.425. The van der Waals surface area contributed by atoms with Crippen LogP contribution in [-0.2, 0) is 9.59 Å². The topological polar surface area (TPSA) is 46.2 Å². The van der Waals surface area contributed by atoms with Crippen LogP contribution in [0.4, 0.5) is 0 Å². The molecule has 56 valence electrons. The summed E-state index contributed by atoms with van der Waals surface area (Å²) in [5.41, 5.74) is 0. The van der Waals surface area contributed by atoms with E-state index in [0.717, 1.165) is 6.54 Å². The Labute approximate surface area is 59.8 Å². The van der Waals surface area contributed by atoms with Gasteiger partial charge in [0.2, 0.25) is 0 Å². The van der Waals surface area contributed by atoms with E-state index in [1.807, 2.05) is 6.92 Å². The van der Waals surface area contributed by atoms with E-state index in [1.54, 1.807) is 0 Å². The molecule has 0 aliphatic carbocycles. The molecule has 1 aliphatic rings. The first-order valence-electron chi connectivity index (χ1n) is 3.45. The number of hydrogen-bond donors (Lipinski definition) is 1. The van der Waals surface area contributed by atoms with Crippen molar-refractivity contribution in [2.45, 2.75) is 6.92 Å². The van der Waals surface area contributed by atoms with E-state index < -0.39 is 0 Å². The molecule has 1 fully saturated rings. The standard InChI is InChI=1S/C7H11NO2/c1-5-2-8-3-6(5)7(10)4-9/h4-6,8H,2-3H2,1H3. The number of hydrogen-bond acceptors (Lipinski definition) is 3. The van der Waals surface area contributed by atoms with Crippen molar-refractivity contribution in [2.24, 2.45) is 11.8 Å². The monoisotopic (exact) mass is 141 g/mol. The van der Waals surface area contributed by atoms with E-state index in [2.05, 4.69) is 5.32 Å². The van der Waals surface area contributed by atoms with Gasteiger partial charge in [0.1, 0.15) is 0 Å². The summed E-state index contributed by atoms with van der Waals surface area (Å²) in [6, 6.07) is 0. The Morgan fingerprint density at radius 3 is 2.70 bits per heavy atom. The zero-order chi connectivity index (χ0) is 7.56. The van der Waals surface area contributed by atoms with Crippen molar-refractivity contribution >= 4 is 12.1 Å². The second-order valence-electron chi connectivity index (χ2n) is 2.76. The number of ketones is 1. The van der Waals surface area contributed by atoms with Gasteiger partial charge in [0, 0.05) is 12.5 Å². The SMILES string of the molecule is CC1CNCC1C(=O)C=O. The van der Waals surface area contributed by atoms with Crippen LogP contribution < -0.4 is 5.32 Å². The van der Waals surface area contributed by atoms with Gasteiger partial charge in [0.15, 0.2) is 12.1 Å². The van der Waals surface area contributed by atoms with Crippen LogP contribution in [0.2, 0.25) is 0 Å². The van der Waals surface area contributed by atoms with E-state index in [1.165, 1.54) is 0 Å². The molecule has 0 amide bonds. The van der Waals surface area contributed by atoms with Crippen molar-refractivity contribution in [3.8, 4) is 0 Å². The largest absolute Gasteiger partial charge is 0.316 e. The highest BCUT2D eigenvalue weighted by Gasteiger charge is 2.28. The number of Topliss-reactive ketones (excluding diaryl/α,β-unsaturated/α-hetero) is 1. The summed E-state index contributed by atoms with van der Waals surface area (Å²) in [7, 11) is 0. The minimum atomic E-state index is -0.266. The summed E-state index contributed by atoms with van der Waals surface area (Å²) in [5, 5.41) is 3.06. The molecule has 0 radical (unpaired) electrons. The van der Waals surface area contributed by atoms with Gasteiger partial charge in [0.05, 0.1) is 0 Å². The molecule has 1 rings (SSSR count). The fourth-order valence-electron chi connectivity index (χ4n) is 1.28. The van der Waals surface area contributed by atoms with Gasteiger partial charge in [-0.15, -0.1) is 0 Å². The minimum absolute atomic E-state index is 0.0718. The maximum atomic E-state index is 10.8. The van der Waals surface area contributed by atoms with Gasteiger partial charge in [-0.2, -0.15) is 0 Å². The highest BCUT2D eigenvalue weighted by atomic mass is 16.2. The maximum Gasteiger partial charge on any atom is 0.199 e. The van der Waals surface area contributed by atoms with Crippen LogP contribution in [-0.4, -0.2) is 25.2 Å². The predicted octanol–water partition coefficient (Wildman–Crippen LogP) is -0.390. The van der Waals surface area contributed by atoms with E-state index in [9.17, 15) is 9.59 Å². The highest BCUT2D eigenvalue weighted by Crippen LogP contribution is 2.15. The summed E-state index contributed by atoms with van der Waals surface area (Å²) in [4.78, 5) is 20.9. The molecular weight excluding hydrogens is 130 g/mol. The van der Waals surface area contributed by atoms with E-state index >= 15 is 0 Å². The first kappa shape index (κ1) is 7.41. The first-order valence-corrected chi connectivity index (χ1v) is 3.45. The molecule has 0 aromatic rings. The molecule has 1 aliphatic heterocycles. The second kappa shape index (κ2) is 2.92. The molecule has 2 atom stereocenters. The molecule has 0 saturated carbocycles. The summed E-state index contributed by atoms with van der Waals surface area (Å²) in [6.45, 7) is 3.50. The second-order valence-corrected chi connectivity index (χ2v) is 2.76. The zero-order valence-electron chi connectivity index (χ0n) is 5.96. The number of nitrogens with one attached hydrogen (secondary N) is 1. The van der Waals surface area contributed by atoms with Gasteiger partial charge < -0.3 is 5.32 Å². The van der Waals surface area contributed by atoms with Crippen LogP contribution in [0.25, 0.3) is 0 Å². The average Bonchev–Trinajstić information content (AvgIpc) is 2.34. The van der Waals surface area contributed by atoms with Crippen LogP contribution in [0.15, 0.2) is 0 Å². The lowest BCUT2D eigenvalue weighted by Crippen LogP contribution is -2.21. The molecule has 2 unspecified atom stereocenters. The van der Waals surface area contributed by atoms with E-state index in [4.69, 9.17) is 0 Å². The summed E-state index contributed by atoms with van der Waals surface area (Å²) >= 11 is 0. The molecule has 0 aromatic heterocycles. The molecule has 0 bridgehead atoms. The lowest BCUT2D eigenvalue weighted by Gasteiger charge is -2.06. The highest BCUT2D eigenvalue weighted by molar-refractivity contribution is 6.26. The van der Waals surface area contributed by atoms with Gasteiger partial charge in [-0.1, -0.05) is 6.92 Å². The van der Waals surface area contributed by atoms with Crippen molar-refractivity contribution in [2.75, 3.05) is 13.1 Å². The molecule has 1 heterocycles. The molecule has 10 heavy (non-hydrogen) atoms. The Morgan fingerprint density at radius 2 is 2.30 bits per heavy atom. The smallest absolute Gasteiger partial charge is 0.199 e. The molecular formula is C7H11NO2. The fourth-order valence-corrected chi connectivity index (χ4v) is 1.28. The van der Waals surface area contributed by atoms with Gasteiger partial charge in [-0.05, 0) is 12.5 Å². The Bertz CT molecular complexity index is 156. The Hall–Kier alpha value is -0.700. The van der Waals surface area contributed by atoms with E-state index in [0.29, 0.717) is 18.7 Å². The van der Waals surface area contributed by atoms with Crippen molar-refractivity contribution in [1.29, 1.82) is 0 Å². The number of carbonyl (C=O) groups is 2. The van der Waals surface area contributed by atoms with Gasteiger partial charge in [-0.3, -0.25) is 9.59 Å². The van der Waals surface area contributed by atoms with Gasteiger partial charge in [-0.25, -0.2) is 0 Å². The Morgan fingerprint density at radius 1 is 1.60 bits per heavy atom. The van der Waals surface area contributed by atoms with Crippen LogP contribution in [0, 0.1) is 11.8 Å². The third kappa shape index (κ3) is 1.24. The zero-order valence-corrected chi connectivity index (χ0v) is 5.96. The normalized spacial score (nSPS) is 32.1. The van der Waals surface area contributed by atoms with E-state index in [-0.39, 0.29) is 11.7 Å². The van der Waals surface area contributed by atoms with Gasteiger partial charge >= 0.3 is 0 Å². The third-order valence-electron chi connectivity index (χ3n) is 2.00. The molecule has 0 aromatic carbocycles. The van der Waals surface area contributed by atoms with Crippen molar-refractivity contribution in [1.82, 2.24) is 5.32 Å². The summed E-state index contributed by atoms with van der Waals surface area (Å²) < 4.78 is 0. The first-order chi connectivity index (χ1) is 4.75. The number of aldehydes is 1. The maximum absolute atomic E-state index is 10.8. The lowest BCUT2D eigenvalue weighted by atomic mass is 9.94. The minimum Gasteiger partial charge on any atom is -0.316 e. The fraction of sp³-hybridized carbons (Fsp3) is 0.714. The van der Waals surface area contributed by atoms with Crippen LogP contribution in [0.3, 0.4) is 0 Å². The average molecular weight is 141 g/mol. The van der Waals surface area contributed by atoms with Crippen molar-refractivity contribution in [3.05, 3.63) is 0 Å². The van der Waals surface area contributed by atoms with Crippen LogP contribution in [0.5, 0.6) is 0 Å². The molecule has 1 N–H and O–H groups in total.